The maximum absolute atomic E-state index is 13.7. The molecule has 3 heterocycles. The number of carbonyl (C=O) groups excluding carboxylic acids is 3. The van der Waals surface area contributed by atoms with Crippen LogP contribution in [0.15, 0.2) is 79.3 Å². The summed E-state index contributed by atoms with van der Waals surface area (Å²) >= 11 is 6.13. The molecule has 0 radical (unpaired) electrons. The zero-order valence-corrected chi connectivity index (χ0v) is 20.6. The Labute approximate surface area is 218 Å². The van der Waals surface area contributed by atoms with E-state index in [9.17, 15) is 14.4 Å². The number of hydrogen-bond acceptors (Lipinski definition) is 5. The molecule has 0 unspecified atom stereocenters. The van der Waals surface area contributed by atoms with Crippen LogP contribution in [0.25, 0.3) is 0 Å². The number of anilines is 2. The molecular weight excluding hydrogens is 492 g/mol. The van der Waals surface area contributed by atoms with Crippen LogP contribution in [0.4, 0.5) is 11.5 Å². The smallest absolute Gasteiger partial charge is 0.256 e. The van der Waals surface area contributed by atoms with Gasteiger partial charge in [-0.15, -0.1) is 0 Å². The van der Waals surface area contributed by atoms with Crippen molar-refractivity contribution < 1.29 is 14.4 Å². The number of nitrogens with one attached hydrogen (secondary N) is 2. The van der Waals surface area contributed by atoms with Crippen LogP contribution in [0.2, 0.25) is 5.02 Å². The van der Waals surface area contributed by atoms with E-state index in [1.807, 2.05) is 6.07 Å². The van der Waals surface area contributed by atoms with E-state index in [0.717, 1.165) is 11.1 Å². The van der Waals surface area contributed by atoms with E-state index in [4.69, 9.17) is 11.6 Å². The van der Waals surface area contributed by atoms with E-state index in [1.165, 1.54) is 0 Å². The number of rotatable bonds is 6. The van der Waals surface area contributed by atoms with Crippen molar-refractivity contribution in [2.45, 2.75) is 19.0 Å². The second-order valence-corrected chi connectivity index (χ2v) is 9.16. The zero-order valence-electron chi connectivity index (χ0n) is 19.9. The Bertz CT molecular complexity index is 1470. The summed E-state index contributed by atoms with van der Waals surface area (Å²) in [6, 6.07) is 16.3. The Morgan fingerprint density at radius 2 is 1.89 bits per heavy atom. The highest BCUT2D eigenvalue weighted by Gasteiger charge is 2.35. The van der Waals surface area contributed by atoms with E-state index < -0.39 is 6.04 Å². The molecule has 1 atom stereocenters. The van der Waals surface area contributed by atoms with Crippen LogP contribution in [0, 0.1) is 0 Å². The van der Waals surface area contributed by atoms with E-state index >= 15 is 0 Å². The summed E-state index contributed by atoms with van der Waals surface area (Å²) in [5.74, 6) is -0.453. The average Bonchev–Trinajstić information content (AvgIpc) is 3.27. The standard InChI is InChI=1S/C27H23ClN6O3/c1-33-12-10-24(32-33)31-25(35)19-6-4-17(5-7-19)16-34-23(13-18-3-2-11-29-15-18)26(36)30-22-14-20(28)8-9-21(22)27(34)37/h2-12,14-15,23H,13,16H2,1H3,(H,30,36)(H,31,32,35)/t23-/m1/s1. The number of benzene rings is 2. The number of aromatic nitrogens is 3. The molecule has 0 aliphatic carbocycles. The van der Waals surface area contributed by atoms with Gasteiger partial charge in [0.2, 0.25) is 5.91 Å². The van der Waals surface area contributed by atoms with Gasteiger partial charge in [0, 0.05) is 55.3 Å². The van der Waals surface area contributed by atoms with Gasteiger partial charge in [-0.2, -0.15) is 5.10 Å². The van der Waals surface area contributed by atoms with E-state index in [2.05, 4.69) is 20.7 Å². The summed E-state index contributed by atoms with van der Waals surface area (Å²) in [7, 11) is 1.77. The molecule has 2 aromatic carbocycles. The van der Waals surface area contributed by atoms with Crippen molar-refractivity contribution in [3.8, 4) is 0 Å². The lowest BCUT2D eigenvalue weighted by molar-refractivity contribution is -0.120. The molecule has 0 spiro atoms. The molecule has 1 aliphatic rings. The van der Waals surface area contributed by atoms with Crippen molar-refractivity contribution in [1.29, 1.82) is 0 Å². The molecule has 0 bridgehead atoms. The number of aryl methyl sites for hydroxylation is 1. The Morgan fingerprint density at radius 3 is 2.59 bits per heavy atom. The van der Waals surface area contributed by atoms with Crippen molar-refractivity contribution in [2.75, 3.05) is 10.6 Å². The van der Waals surface area contributed by atoms with Gasteiger partial charge in [-0.3, -0.25) is 24.0 Å². The summed E-state index contributed by atoms with van der Waals surface area (Å²) < 4.78 is 1.60. The fourth-order valence-corrected chi connectivity index (χ4v) is 4.39. The lowest BCUT2D eigenvalue weighted by Crippen LogP contribution is -2.46. The number of amides is 3. The molecule has 4 aromatic rings. The Hall–Kier alpha value is -4.50. The van der Waals surface area contributed by atoms with Crippen LogP contribution in [0.5, 0.6) is 0 Å². The lowest BCUT2D eigenvalue weighted by atomic mass is 10.0. The van der Waals surface area contributed by atoms with E-state index in [0.29, 0.717) is 27.7 Å². The van der Waals surface area contributed by atoms with Crippen LogP contribution in [-0.4, -0.2) is 43.4 Å². The molecule has 3 amide bonds. The monoisotopic (exact) mass is 514 g/mol. The van der Waals surface area contributed by atoms with E-state index in [-0.39, 0.29) is 30.7 Å². The molecule has 186 valence electrons. The first-order chi connectivity index (χ1) is 17.9. The first kappa shape index (κ1) is 24.2. The molecule has 0 saturated heterocycles. The van der Waals surface area contributed by atoms with Gasteiger partial charge < -0.3 is 15.5 Å². The van der Waals surface area contributed by atoms with Crippen LogP contribution in [-0.2, 0) is 24.8 Å². The first-order valence-corrected chi connectivity index (χ1v) is 12.0. The summed E-state index contributed by atoms with van der Waals surface area (Å²) in [6.07, 6.45) is 5.36. The highest BCUT2D eigenvalue weighted by atomic mass is 35.5. The third-order valence-corrected chi connectivity index (χ3v) is 6.32. The number of carbonyl (C=O) groups is 3. The van der Waals surface area contributed by atoms with Crippen molar-refractivity contribution in [2.24, 2.45) is 7.05 Å². The van der Waals surface area contributed by atoms with Gasteiger partial charge in [-0.05, 0) is 47.5 Å². The molecule has 9 nitrogen and oxygen atoms in total. The van der Waals surface area contributed by atoms with Crippen LogP contribution < -0.4 is 10.6 Å². The number of halogens is 1. The second kappa shape index (κ2) is 10.2. The zero-order chi connectivity index (χ0) is 25.9. The van der Waals surface area contributed by atoms with Gasteiger partial charge in [0.15, 0.2) is 5.82 Å². The van der Waals surface area contributed by atoms with Crippen molar-refractivity contribution in [3.63, 3.8) is 0 Å². The van der Waals surface area contributed by atoms with Crippen molar-refractivity contribution >= 4 is 40.8 Å². The normalized spacial score (nSPS) is 15.1. The maximum Gasteiger partial charge on any atom is 0.256 e. The van der Waals surface area contributed by atoms with Gasteiger partial charge >= 0.3 is 0 Å². The Kier molecular flexibility index (Phi) is 6.70. The third kappa shape index (κ3) is 5.36. The predicted octanol–water partition coefficient (Wildman–Crippen LogP) is 3.93. The molecule has 0 fully saturated rings. The third-order valence-electron chi connectivity index (χ3n) is 6.09. The molecule has 2 aromatic heterocycles. The van der Waals surface area contributed by atoms with Crippen LogP contribution >= 0.6 is 11.6 Å². The molecule has 0 saturated carbocycles. The summed E-state index contributed by atoms with van der Waals surface area (Å²) in [6.45, 7) is 0.168. The minimum atomic E-state index is -0.782. The van der Waals surface area contributed by atoms with E-state index in [1.54, 1.807) is 89.8 Å². The van der Waals surface area contributed by atoms with Gasteiger partial charge in [0.05, 0.1) is 11.3 Å². The van der Waals surface area contributed by atoms with Gasteiger partial charge in [0.1, 0.15) is 6.04 Å². The predicted molar refractivity (Wildman–Crippen MR) is 139 cm³/mol. The lowest BCUT2D eigenvalue weighted by Gasteiger charge is -2.29. The van der Waals surface area contributed by atoms with Gasteiger partial charge in [-0.25, -0.2) is 0 Å². The minimum Gasteiger partial charge on any atom is -0.323 e. The molecule has 2 N–H and O–H groups in total. The summed E-state index contributed by atoms with van der Waals surface area (Å²) in [4.78, 5) is 45.3. The first-order valence-electron chi connectivity index (χ1n) is 11.6. The van der Waals surface area contributed by atoms with Crippen molar-refractivity contribution in [3.05, 3.63) is 107 Å². The quantitative estimate of drug-likeness (QED) is 0.405. The molecule has 1 aliphatic heterocycles. The molecule has 37 heavy (non-hydrogen) atoms. The van der Waals surface area contributed by atoms with Gasteiger partial charge in [-0.1, -0.05) is 29.8 Å². The number of pyridine rings is 1. The molecule has 10 heteroatoms. The van der Waals surface area contributed by atoms with Gasteiger partial charge in [0.25, 0.3) is 11.8 Å². The maximum atomic E-state index is 13.7. The topological polar surface area (TPSA) is 109 Å². The highest BCUT2D eigenvalue weighted by Crippen LogP contribution is 2.29. The van der Waals surface area contributed by atoms with Crippen LogP contribution in [0.3, 0.4) is 0 Å². The second-order valence-electron chi connectivity index (χ2n) is 8.72. The fraction of sp³-hybridized carbons (Fsp3) is 0.148. The SMILES string of the molecule is Cn1ccc(NC(=O)c2ccc(CN3C(=O)c4ccc(Cl)cc4NC(=O)[C@H]3Cc3cccnc3)cc2)n1. The molecular formula is C27H23ClN6O3. The largest absolute Gasteiger partial charge is 0.323 e. The Balaban J connectivity index is 1.42. The summed E-state index contributed by atoms with van der Waals surface area (Å²) in [5.41, 5.74) is 2.77. The van der Waals surface area contributed by atoms with Crippen LogP contribution in [0.1, 0.15) is 31.8 Å². The number of nitrogens with zero attached hydrogens (tertiary/aromatic N) is 4. The highest BCUT2D eigenvalue weighted by molar-refractivity contribution is 6.31. The minimum absolute atomic E-state index is 0.168. The number of fused-ring (bicyclic) bond motifs is 1. The molecule has 5 rings (SSSR count). The van der Waals surface area contributed by atoms with Crippen molar-refractivity contribution in [1.82, 2.24) is 19.7 Å². The number of hydrogen-bond donors (Lipinski definition) is 2. The summed E-state index contributed by atoms with van der Waals surface area (Å²) in [5, 5.41) is 10.2. The average molecular weight is 515 g/mol. The fourth-order valence-electron chi connectivity index (χ4n) is 4.22. The Morgan fingerprint density at radius 1 is 1.08 bits per heavy atom.